The maximum atomic E-state index is 14.7. The third kappa shape index (κ3) is 9.23. The van der Waals surface area contributed by atoms with E-state index in [1.807, 2.05) is 0 Å². The number of aromatic nitrogens is 3. The standard InChI is InChI=1S/C35H45F2N7O9S/c1-34(2,50)27-18-39-42-44(27)23-17-26(32(48)41-35(29(45)30(38)46)12-14-53-15-13-35)43(19-23)33(49)25(16-21-6-4-3-5-7-21)40-31(47)22-8-10-24(11-9-22)54(51,52)20-28(36)37/h8-11,18,21,23,26,28,50H,3-7,12-17,19-20H2,1-2H3,(H2,38,46)(H,41,48)/b40-25+/t23-,26-/m0/s1. The fraction of sp³-hybridized carbons (Fsp3) is 0.600. The molecule has 5 rings (SSSR count). The minimum Gasteiger partial charge on any atom is -0.384 e. The predicted molar refractivity (Wildman–Crippen MR) is 187 cm³/mol. The summed E-state index contributed by atoms with van der Waals surface area (Å²) in [6.45, 7) is 3.02. The number of hydrogen-bond donors (Lipinski definition) is 3. The lowest BCUT2D eigenvalue weighted by molar-refractivity contribution is -0.146. The van der Waals surface area contributed by atoms with Crippen molar-refractivity contribution in [3.05, 3.63) is 41.7 Å². The zero-order chi connectivity index (χ0) is 39.4. The van der Waals surface area contributed by atoms with E-state index in [0.29, 0.717) is 5.69 Å². The van der Waals surface area contributed by atoms with E-state index in [2.05, 4.69) is 20.6 Å². The lowest BCUT2D eigenvalue weighted by atomic mass is 9.84. The van der Waals surface area contributed by atoms with Crippen LogP contribution >= 0.6 is 0 Å². The van der Waals surface area contributed by atoms with Crippen LogP contribution in [0.15, 0.2) is 40.4 Å². The van der Waals surface area contributed by atoms with Crippen molar-refractivity contribution in [2.24, 2.45) is 16.6 Å². The quantitative estimate of drug-likeness (QED) is 0.196. The number of primary amides is 1. The summed E-state index contributed by atoms with van der Waals surface area (Å²) in [5, 5.41) is 21.6. The van der Waals surface area contributed by atoms with Crippen molar-refractivity contribution in [3.63, 3.8) is 0 Å². The van der Waals surface area contributed by atoms with Crippen LogP contribution < -0.4 is 11.1 Å². The maximum absolute atomic E-state index is 14.7. The number of aliphatic hydroxyl groups is 1. The maximum Gasteiger partial charge on any atom is 0.287 e. The summed E-state index contributed by atoms with van der Waals surface area (Å²) in [6.07, 6.45) is 2.54. The molecular formula is C35H45F2N7O9S. The number of nitrogens with zero attached hydrogens (tertiary/aromatic N) is 5. The van der Waals surface area contributed by atoms with Crippen LogP contribution in [-0.4, -0.2) is 112 Å². The fourth-order valence-corrected chi connectivity index (χ4v) is 8.44. The summed E-state index contributed by atoms with van der Waals surface area (Å²) in [4.78, 5) is 72.7. The number of hydrogen-bond acceptors (Lipinski definition) is 11. The smallest absolute Gasteiger partial charge is 0.287 e. The van der Waals surface area contributed by atoms with Crippen LogP contribution in [0.5, 0.6) is 0 Å². The number of rotatable bonds is 13. The van der Waals surface area contributed by atoms with Crippen LogP contribution in [0.4, 0.5) is 8.78 Å². The normalized spacial score (nSPS) is 21.2. The Morgan fingerprint density at radius 1 is 1.09 bits per heavy atom. The van der Waals surface area contributed by atoms with Gasteiger partial charge < -0.3 is 25.8 Å². The van der Waals surface area contributed by atoms with Gasteiger partial charge in [-0.05, 0) is 50.5 Å². The molecule has 3 heterocycles. The third-order valence-electron chi connectivity index (χ3n) is 10.3. The number of likely N-dealkylation sites (tertiary alicyclic amines) is 1. The molecule has 3 fully saturated rings. The molecule has 4 amide bonds. The molecule has 2 aliphatic heterocycles. The minimum absolute atomic E-state index is 0.0161. The molecule has 1 saturated carbocycles. The SMILES string of the molecule is CC(C)(O)c1cnnn1[C@H]1C[C@@H](C(=O)NC2(C(=O)C(N)=O)CCOCC2)N(C(=O)/C(CC2CCCCC2)=N/C(=O)c2ccc(S(=O)(=O)CC(F)F)cc2)C1. The van der Waals surface area contributed by atoms with Gasteiger partial charge >= 0.3 is 0 Å². The summed E-state index contributed by atoms with van der Waals surface area (Å²) >= 11 is 0. The van der Waals surface area contributed by atoms with E-state index in [1.54, 1.807) is 0 Å². The molecule has 1 aliphatic carbocycles. The van der Waals surface area contributed by atoms with E-state index in [1.165, 1.54) is 29.6 Å². The molecule has 54 heavy (non-hydrogen) atoms. The summed E-state index contributed by atoms with van der Waals surface area (Å²) < 4.78 is 57.1. The van der Waals surface area contributed by atoms with Gasteiger partial charge in [0, 0.05) is 44.6 Å². The average molecular weight is 778 g/mol. The zero-order valence-electron chi connectivity index (χ0n) is 30.1. The lowest BCUT2D eigenvalue weighted by Crippen LogP contribution is -2.63. The highest BCUT2D eigenvalue weighted by molar-refractivity contribution is 7.91. The molecule has 2 saturated heterocycles. The first-order valence-corrected chi connectivity index (χ1v) is 19.5. The Morgan fingerprint density at radius 2 is 1.74 bits per heavy atom. The van der Waals surface area contributed by atoms with Crippen LogP contribution in [0.1, 0.15) is 93.7 Å². The summed E-state index contributed by atoms with van der Waals surface area (Å²) in [5.74, 6) is -6.06. The van der Waals surface area contributed by atoms with Crippen molar-refractivity contribution in [1.82, 2.24) is 25.2 Å². The van der Waals surface area contributed by atoms with Gasteiger partial charge in [0.05, 0.1) is 22.8 Å². The van der Waals surface area contributed by atoms with Crippen molar-refractivity contribution in [3.8, 4) is 0 Å². The second kappa shape index (κ2) is 16.5. The van der Waals surface area contributed by atoms with Gasteiger partial charge in [-0.25, -0.2) is 26.9 Å². The number of alkyl halides is 2. The Balaban J connectivity index is 1.51. The number of carbonyl (C=O) groups is 5. The van der Waals surface area contributed by atoms with Crippen LogP contribution in [0.3, 0.4) is 0 Å². The first kappa shape index (κ1) is 40.7. The predicted octanol–water partition coefficient (Wildman–Crippen LogP) is 1.66. The van der Waals surface area contributed by atoms with E-state index < -0.39 is 79.5 Å². The lowest BCUT2D eigenvalue weighted by Gasteiger charge is -2.37. The second-order valence-electron chi connectivity index (χ2n) is 14.6. The molecule has 2 aromatic rings. The number of nitrogens with one attached hydrogen (secondary N) is 1. The van der Waals surface area contributed by atoms with Crippen molar-refractivity contribution >= 4 is 45.0 Å². The number of halogens is 2. The van der Waals surface area contributed by atoms with Crippen LogP contribution in [0, 0.1) is 5.92 Å². The van der Waals surface area contributed by atoms with Crippen LogP contribution in [-0.2, 0) is 39.4 Å². The van der Waals surface area contributed by atoms with Gasteiger partial charge in [0.1, 0.15) is 28.6 Å². The molecule has 0 radical (unpaired) electrons. The highest BCUT2D eigenvalue weighted by Gasteiger charge is 2.49. The van der Waals surface area contributed by atoms with Gasteiger partial charge in [0.15, 0.2) is 9.84 Å². The average Bonchev–Trinajstić information content (AvgIpc) is 3.80. The molecule has 1 aromatic heterocycles. The molecule has 3 aliphatic rings. The second-order valence-corrected chi connectivity index (χ2v) is 16.7. The number of amides is 4. The van der Waals surface area contributed by atoms with Gasteiger partial charge in [-0.2, -0.15) is 0 Å². The Labute approximate surface area is 310 Å². The molecule has 0 spiro atoms. The Morgan fingerprint density at radius 3 is 2.33 bits per heavy atom. The number of aliphatic imine (C=N–C) groups is 1. The first-order valence-electron chi connectivity index (χ1n) is 17.8. The van der Waals surface area contributed by atoms with Gasteiger partial charge in [0.2, 0.25) is 11.7 Å². The number of sulfone groups is 1. The molecular weight excluding hydrogens is 732 g/mol. The van der Waals surface area contributed by atoms with Crippen molar-refractivity contribution < 1.29 is 51.0 Å². The van der Waals surface area contributed by atoms with E-state index in [-0.39, 0.29) is 62.6 Å². The van der Waals surface area contributed by atoms with Crippen molar-refractivity contribution in [2.45, 2.75) is 106 Å². The molecule has 1 aromatic carbocycles. The summed E-state index contributed by atoms with van der Waals surface area (Å²) in [5.41, 5.74) is 2.33. The highest BCUT2D eigenvalue weighted by atomic mass is 32.2. The Bertz CT molecular complexity index is 1880. The van der Waals surface area contributed by atoms with Crippen molar-refractivity contribution in [2.75, 3.05) is 25.5 Å². The molecule has 0 bridgehead atoms. The number of nitrogens with two attached hydrogens (primary N) is 1. The molecule has 16 nitrogen and oxygen atoms in total. The minimum atomic E-state index is -4.32. The number of benzene rings is 1. The number of carbonyl (C=O) groups excluding carboxylic acids is 5. The van der Waals surface area contributed by atoms with E-state index in [0.717, 1.165) is 56.4 Å². The zero-order valence-corrected chi connectivity index (χ0v) is 30.9. The Hall–Kier alpha value is -4.49. The van der Waals surface area contributed by atoms with Gasteiger partial charge in [-0.15, -0.1) is 5.10 Å². The summed E-state index contributed by atoms with van der Waals surface area (Å²) in [6, 6.07) is 2.31. The monoisotopic (exact) mass is 777 g/mol. The number of Topliss-reactive ketones (excluding diaryl/α,β-unsaturated/α-hetero) is 1. The van der Waals surface area contributed by atoms with Gasteiger partial charge in [0.25, 0.3) is 24.1 Å². The molecule has 0 unspecified atom stereocenters. The number of ketones is 1. The van der Waals surface area contributed by atoms with Gasteiger partial charge in [-0.1, -0.05) is 37.3 Å². The van der Waals surface area contributed by atoms with E-state index in [4.69, 9.17) is 10.5 Å². The molecule has 294 valence electrons. The topological polar surface area (TPSA) is 233 Å². The van der Waals surface area contributed by atoms with Crippen molar-refractivity contribution in [1.29, 1.82) is 0 Å². The molecule has 19 heteroatoms. The van der Waals surface area contributed by atoms with E-state index >= 15 is 0 Å². The molecule has 2 atom stereocenters. The summed E-state index contributed by atoms with van der Waals surface area (Å²) in [7, 11) is -4.32. The third-order valence-corrected chi connectivity index (χ3v) is 11.9. The first-order chi connectivity index (χ1) is 25.4. The van der Waals surface area contributed by atoms with Gasteiger partial charge in [-0.3, -0.25) is 24.0 Å². The Kier molecular flexibility index (Phi) is 12.4. The fourth-order valence-electron chi connectivity index (χ4n) is 7.36. The van der Waals surface area contributed by atoms with Crippen LogP contribution in [0.25, 0.3) is 0 Å². The number of ether oxygens (including phenoxy) is 1. The van der Waals surface area contributed by atoms with E-state index in [9.17, 15) is 46.3 Å². The molecule has 4 N–H and O–H groups in total. The largest absolute Gasteiger partial charge is 0.384 e. The van der Waals surface area contributed by atoms with Crippen LogP contribution in [0.2, 0.25) is 0 Å². The highest BCUT2D eigenvalue weighted by Crippen LogP contribution is 2.34.